The maximum Gasteiger partial charge on any atom is 0.241 e. The molecule has 1 saturated heterocycles. The van der Waals surface area contributed by atoms with Crippen LogP contribution in [0.15, 0.2) is 24.3 Å². The number of benzene rings is 1. The molecule has 2 amide bonds. The summed E-state index contributed by atoms with van der Waals surface area (Å²) in [4.78, 5) is 27.4. The third-order valence-corrected chi connectivity index (χ3v) is 4.08. The molecule has 1 N–H and O–H groups in total. The van der Waals surface area contributed by atoms with Crippen molar-refractivity contribution in [3.05, 3.63) is 35.6 Å². The first-order valence-electron chi connectivity index (χ1n) is 7.90. The fourth-order valence-electron chi connectivity index (χ4n) is 2.77. The lowest BCUT2D eigenvalue weighted by atomic mass is 9.96. The molecule has 126 valence electrons. The monoisotopic (exact) mass is 321 g/mol. The van der Waals surface area contributed by atoms with Crippen LogP contribution in [0.1, 0.15) is 18.4 Å². The van der Waals surface area contributed by atoms with Crippen LogP contribution in [0, 0.1) is 11.7 Å². The number of amides is 2. The molecule has 5 nitrogen and oxygen atoms in total. The molecule has 0 saturated carbocycles. The maximum absolute atomic E-state index is 13.2. The van der Waals surface area contributed by atoms with Gasteiger partial charge in [-0.2, -0.15) is 0 Å². The van der Waals surface area contributed by atoms with Crippen molar-refractivity contribution in [3.8, 4) is 0 Å². The van der Waals surface area contributed by atoms with E-state index < -0.39 is 0 Å². The smallest absolute Gasteiger partial charge is 0.241 e. The van der Waals surface area contributed by atoms with Gasteiger partial charge in [-0.15, -0.1) is 0 Å². The Labute approximate surface area is 136 Å². The second kappa shape index (κ2) is 8.06. The normalized spacial score (nSPS) is 18.5. The van der Waals surface area contributed by atoms with Crippen molar-refractivity contribution in [2.24, 2.45) is 5.92 Å². The summed E-state index contributed by atoms with van der Waals surface area (Å²) in [7, 11) is 3.33. The van der Waals surface area contributed by atoms with Crippen LogP contribution >= 0.6 is 0 Å². The summed E-state index contributed by atoms with van der Waals surface area (Å²) in [6, 6.07) is 6.55. The van der Waals surface area contributed by atoms with Crippen molar-refractivity contribution >= 4 is 11.8 Å². The highest BCUT2D eigenvalue weighted by Crippen LogP contribution is 2.19. The van der Waals surface area contributed by atoms with Crippen molar-refractivity contribution in [1.29, 1.82) is 0 Å². The summed E-state index contributed by atoms with van der Waals surface area (Å²) in [5.74, 6) is -0.557. The summed E-state index contributed by atoms with van der Waals surface area (Å²) < 4.78 is 13.2. The number of rotatable bonds is 5. The predicted molar refractivity (Wildman–Crippen MR) is 86.1 cm³/mol. The molecule has 1 atom stereocenters. The van der Waals surface area contributed by atoms with E-state index in [2.05, 4.69) is 10.2 Å². The molecule has 1 aliphatic rings. The van der Waals surface area contributed by atoms with Gasteiger partial charge in [-0.05, 0) is 37.1 Å². The van der Waals surface area contributed by atoms with Crippen molar-refractivity contribution < 1.29 is 14.0 Å². The number of hydrogen-bond acceptors (Lipinski definition) is 3. The lowest BCUT2D eigenvalue weighted by Gasteiger charge is -2.32. The fraction of sp³-hybridized carbons (Fsp3) is 0.529. The zero-order valence-electron chi connectivity index (χ0n) is 13.7. The first-order chi connectivity index (χ1) is 11.0. The quantitative estimate of drug-likeness (QED) is 0.888. The largest absolute Gasteiger partial charge is 0.347 e. The molecule has 2 rings (SSSR count). The Kier molecular flexibility index (Phi) is 6.10. The van der Waals surface area contributed by atoms with Crippen LogP contribution in [0.5, 0.6) is 0 Å². The van der Waals surface area contributed by atoms with Crippen molar-refractivity contribution in [1.82, 2.24) is 15.1 Å². The molecule has 0 aromatic heterocycles. The summed E-state index contributed by atoms with van der Waals surface area (Å²) in [6.07, 6.45) is 1.75. The molecule has 6 heteroatoms. The van der Waals surface area contributed by atoms with Crippen LogP contribution in [0.4, 0.5) is 4.39 Å². The van der Waals surface area contributed by atoms with Crippen molar-refractivity contribution in [3.63, 3.8) is 0 Å². The molecule has 1 aliphatic heterocycles. The van der Waals surface area contributed by atoms with E-state index in [1.54, 1.807) is 20.2 Å². The Morgan fingerprint density at radius 1 is 1.39 bits per heavy atom. The second-order valence-electron chi connectivity index (χ2n) is 6.21. The minimum atomic E-state index is -0.240. The Hall–Kier alpha value is -1.95. The predicted octanol–water partition coefficient (Wildman–Crippen LogP) is 1.24. The number of piperidine rings is 1. The molecule has 0 radical (unpaired) electrons. The van der Waals surface area contributed by atoms with Gasteiger partial charge in [0.2, 0.25) is 11.8 Å². The van der Waals surface area contributed by atoms with Crippen LogP contribution in [-0.2, 0) is 16.1 Å². The van der Waals surface area contributed by atoms with Gasteiger partial charge >= 0.3 is 0 Å². The lowest BCUT2D eigenvalue weighted by Crippen LogP contribution is -2.45. The van der Waals surface area contributed by atoms with E-state index in [1.807, 2.05) is 6.07 Å². The third-order valence-electron chi connectivity index (χ3n) is 4.08. The van der Waals surface area contributed by atoms with Crippen LogP contribution in [0.25, 0.3) is 0 Å². The van der Waals surface area contributed by atoms with E-state index in [0.29, 0.717) is 13.1 Å². The van der Waals surface area contributed by atoms with E-state index in [0.717, 1.165) is 24.9 Å². The zero-order chi connectivity index (χ0) is 16.8. The standard InChI is InChI=1S/C17H24FN3O2/c1-20(2)16(22)10-19-17(23)14-6-4-8-21(12-14)11-13-5-3-7-15(18)9-13/h3,5,7,9,14H,4,6,8,10-12H2,1-2H3,(H,19,23)/t14-/m0/s1. The number of nitrogens with zero attached hydrogens (tertiary/aromatic N) is 2. The molecule has 0 unspecified atom stereocenters. The maximum atomic E-state index is 13.2. The minimum absolute atomic E-state index is 0.0340. The van der Waals surface area contributed by atoms with Gasteiger partial charge in [0.15, 0.2) is 0 Å². The van der Waals surface area contributed by atoms with E-state index in [9.17, 15) is 14.0 Å². The highest BCUT2D eigenvalue weighted by Gasteiger charge is 2.26. The van der Waals surface area contributed by atoms with Crippen molar-refractivity contribution in [2.75, 3.05) is 33.7 Å². The van der Waals surface area contributed by atoms with Crippen LogP contribution in [-0.4, -0.2) is 55.3 Å². The average molecular weight is 321 g/mol. The average Bonchev–Trinajstić information content (AvgIpc) is 2.52. The number of likely N-dealkylation sites (N-methyl/N-ethyl adjacent to an activating group) is 1. The van der Waals surface area contributed by atoms with E-state index >= 15 is 0 Å². The Balaban J connectivity index is 1.85. The van der Waals surface area contributed by atoms with Gasteiger partial charge in [0, 0.05) is 27.2 Å². The Bertz CT molecular complexity index is 563. The van der Waals surface area contributed by atoms with Gasteiger partial charge in [0.25, 0.3) is 0 Å². The number of nitrogens with one attached hydrogen (secondary N) is 1. The van der Waals surface area contributed by atoms with E-state index in [-0.39, 0.29) is 30.1 Å². The first-order valence-corrected chi connectivity index (χ1v) is 7.90. The molecule has 0 spiro atoms. The first kappa shape index (κ1) is 17.4. The van der Waals surface area contributed by atoms with Crippen LogP contribution < -0.4 is 5.32 Å². The number of hydrogen-bond donors (Lipinski definition) is 1. The highest BCUT2D eigenvalue weighted by molar-refractivity contribution is 5.85. The summed E-state index contributed by atoms with van der Waals surface area (Å²) in [6.45, 7) is 2.21. The van der Waals surface area contributed by atoms with Gasteiger partial charge in [-0.1, -0.05) is 12.1 Å². The number of likely N-dealkylation sites (tertiary alicyclic amines) is 1. The van der Waals surface area contributed by atoms with Gasteiger partial charge in [-0.25, -0.2) is 4.39 Å². The topological polar surface area (TPSA) is 52.7 Å². The molecule has 1 fully saturated rings. The molecule has 1 aromatic rings. The lowest BCUT2D eigenvalue weighted by molar-refractivity contribution is -0.133. The molecule has 0 bridgehead atoms. The molecule has 1 aromatic carbocycles. The second-order valence-corrected chi connectivity index (χ2v) is 6.21. The van der Waals surface area contributed by atoms with Gasteiger partial charge in [-0.3, -0.25) is 14.5 Å². The summed E-state index contributed by atoms with van der Waals surface area (Å²) in [5, 5.41) is 2.71. The fourth-order valence-corrected chi connectivity index (χ4v) is 2.77. The molecular weight excluding hydrogens is 297 g/mol. The Morgan fingerprint density at radius 2 is 2.17 bits per heavy atom. The summed E-state index contributed by atoms with van der Waals surface area (Å²) >= 11 is 0. The highest BCUT2D eigenvalue weighted by atomic mass is 19.1. The number of halogens is 1. The van der Waals surface area contributed by atoms with Crippen molar-refractivity contribution in [2.45, 2.75) is 19.4 Å². The number of carbonyl (C=O) groups excluding carboxylic acids is 2. The molecule has 1 heterocycles. The van der Waals surface area contributed by atoms with E-state index in [4.69, 9.17) is 0 Å². The molecular formula is C17H24FN3O2. The minimum Gasteiger partial charge on any atom is -0.347 e. The van der Waals surface area contributed by atoms with E-state index in [1.165, 1.54) is 17.0 Å². The SMILES string of the molecule is CN(C)C(=O)CNC(=O)[C@H]1CCCN(Cc2cccc(F)c2)C1. The summed E-state index contributed by atoms with van der Waals surface area (Å²) in [5.41, 5.74) is 0.911. The molecule has 23 heavy (non-hydrogen) atoms. The van der Waals surface area contributed by atoms with Crippen LogP contribution in [0.3, 0.4) is 0 Å². The molecule has 0 aliphatic carbocycles. The number of carbonyl (C=O) groups is 2. The van der Waals surface area contributed by atoms with Gasteiger partial charge in [0.1, 0.15) is 5.82 Å². The van der Waals surface area contributed by atoms with Crippen LogP contribution in [0.2, 0.25) is 0 Å². The van der Waals surface area contributed by atoms with Gasteiger partial charge < -0.3 is 10.2 Å². The zero-order valence-corrected chi connectivity index (χ0v) is 13.7. The van der Waals surface area contributed by atoms with Gasteiger partial charge in [0.05, 0.1) is 12.5 Å². The third kappa shape index (κ3) is 5.32. The Morgan fingerprint density at radius 3 is 2.87 bits per heavy atom.